The van der Waals surface area contributed by atoms with Crippen molar-refractivity contribution in [2.75, 3.05) is 31.9 Å². The zero-order chi connectivity index (χ0) is 27.0. The number of halogens is 4. The van der Waals surface area contributed by atoms with Gasteiger partial charge in [-0.3, -0.25) is 14.9 Å². The summed E-state index contributed by atoms with van der Waals surface area (Å²) in [7, 11) is -4.24. The largest absolute Gasteiger partial charge is 0.407 e. The van der Waals surface area contributed by atoms with Gasteiger partial charge in [-0.1, -0.05) is 12.1 Å². The zero-order valence-electron chi connectivity index (χ0n) is 19.8. The molecule has 14 heteroatoms. The fourth-order valence-corrected chi connectivity index (χ4v) is 5.84. The smallest absolute Gasteiger partial charge is 0.340 e. The van der Waals surface area contributed by atoms with Gasteiger partial charge in [0.2, 0.25) is 21.8 Å². The van der Waals surface area contributed by atoms with Crippen LogP contribution in [-0.2, 0) is 19.6 Å². The summed E-state index contributed by atoms with van der Waals surface area (Å²) in [6, 6.07) is 1.03. The zero-order valence-corrected chi connectivity index (χ0v) is 20.6. The highest BCUT2D eigenvalue weighted by molar-refractivity contribution is 7.89. The quantitative estimate of drug-likeness (QED) is 0.453. The number of hydrogen-bond donors (Lipinski definition) is 2. The summed E-state index contributed by atoms with van der Waals surface area (Å²) in [5, 5.41) is 13.8. The second-order valence-electron chi connectivity index (χ2n) is 9.71. The number of hydrogen-bond acceptors (Lipinski definition) is 6. The van der Waals surface area contributed by atoms with E-state index < -0.39 is 56.9 Å². The number of nitrogens with zero attached hydrogens (tertiary/aromatic N) is 3. The van der Waals surface area contributed by atoms with E-state index in [1.165, 1.54) is 0 Å². The normalized spacial score (nSPS) is 21.5. The van der Waals surface area contributed by atoms with Gasteiger partial charge in [0.25, 0.3) is 0 Å². The van der Waals surface area contributed by atoms with Gasteiger partial charge in [-0.15, -0.1) is 0 Å². The highest BCUT2D eigenvalue weighted by Crippen LogP contribution is 2.36. The van der Waals surface area contributed by atoms with E-state index >= 15 is 0 Å². The maximum Gasteiger partial charge on any atom is 0.407 e. The number of alkyl halides is 3. The summed E-state index contributed by atoms with van der Waals surface area (Å²) in [5.41, 5.74) is -1.64. The van der Waals surface area contributed by atoms with Crippen molar-refractivity contribution in [3.05, 3.63) is 35.6 Å². The molecule has 2 amide bonds. The van der Waals surface area contributed by atoms with Crippen LogP contribution in [0.2, 0.25) is 0 Å². The average Bonchev–Trinajstić information content (AvgIpc) is 3.77. The molecule has 0 bridgehead atoms. The molecule has 0 aromatic heterocycles. The third-order valence-electron chi connectivity index (χ3n) is 6.79. The fourth-order valence-electron chi connectivity index (χ4n) is 4.24. The first-order valence-corrected chi connectivity index (χ1v) is 13.5. The minimum absolute atomic E-state index is 0.0268. The van der Waals surface area contributed by atoms with Gasteiger partial charge in [0.05, 0.1) is 11.8 Å². The molecule has 2 atom stereocenters. The van der Waals surface area contributed by atoms with Gasteiger partial charge in [-0.2, -0.15) is 22.7 Å². The molecule has 3 fully saturated rings. The van der Waals surface area contributed by atoms with Gasteiger partial charge in [0.1, 0.15) is 23.4 Å². The van der Waals surface area contributed by atoms with Gasteiger partial charge in [0.15, 0.2) is 0 Å². The molecule has 0 spiro atoms. The van der Waals surface area contributed by atoms with Crippen LogP contribution in [0.3, 0.4) is 0 Å². The summed E-state index contributed by atoms with van der Waals surface area (Å²) in [6.45, 7) is 0.212. The first-order chi connectivity index (χ1) is 17.3. The Morgan fingerprint density at radius 3 is 2.19 bits per heavy atom. The monoisotopic (exact) mass is 545 g/mol. The van der Waals surface area contributed by atoms with Crippen LogP contribution >= 0.6 is 0 Å². The van der Waals surface area contributed by atoms with E-state index in [1.54, 1.807) is 4.90 Å². The Morgan fingerprint density at radius 2 is 1.70 bits per heavy atom. The van der Waals surface area contributed by atoms with Crippen molar-refractivity contribution in [2.45, 2.75) is 49.5 Å². The van der Waals surface area contributed by atoms with E-state index in [-0.39, 0.29) is 38.0 Å². The number of sulfonamides is 1. The topological polar surface area (TPSA) is 123 Å². The van der Waals surface area contributed by atoms with Crippen LogP contribution < -0.4 is 10.6 Å². The Morgan fingerprint density at radius 1 is 1.11 bits per heavy atom. The Labute approximate surface area is 211 Å². The molecule has 1 aromatic rings. The van der Waals surface area contributed by atoms with E-state index in [2.05, 4.69) is 10.6 Å². The van der Waals surface area contributed by atoms with Crippen LogP contribution in [0, 0.1) is 23.1 Å². The van der Waals surface area contributed by atoms with Crippen molar-refractivity contribution in [1.82, 2.24) is 19.8 Å². The number of nitrogens with one attached hydrogen (secondary N) is 2. The van der Waals surface area contributed by atoms with Crippen molar-refractivity contribution >= 4 is 21.8 Å². The summed E-state index contributed by atoms with van der Waals surface area (Å²) in [5.74, 6) is -2.87. The minimum Gasteiger partial charge on any atom is -0.340 e. The predicted octanol–water partition coefficient (Wildman–Crippen LogP) is 1.44. The number of benzene rings is 1. The Bertz CT molecular complexity index is 1170. The van der Waals surface area contributed by atoms with Crippen LogP contribution in [0.15, 0.2) is 24.3 Å². The molecule has 202 valence electrons. The van der Waals surface area contributed by atoms with E-state index in [1.807, 2.05) is 6.07 Å². The molecule has 4 rings (SSSR count). The molecule has 2 saturated carbocycles. The molecule has 1 saturated heterocycles. The highest BCUT2D eigenvalue weighted by Gasteiger charge is 2.48. The number of nitriles is 1. The molecule has 1 aromatic carbocycles. The van der Waals surface area contributed by atoms with Crippen molar-refractivity contribution in [1.29, 1.82) is 5.26 Å². The van der Waals surface area contributed by atoms with Crippen molar-refractivity contribution in [3.8, 4) is 6.07 Å². The molecule has 0 unspecified atom stereocenters. The van der Waals surface area contributed by atoms with Gasteiger partial charge in [-0.05, 0) is 43.4 Å². The molecule has 3 aliphatic rings. The maximum absolute atomic E-state index is 14.0. The average molecular weight is 546 g/mol. The first-order valence-electron chi connectivity index (χ1n) is 11.9. The van der Waals surface area contributed by atoms with Crippen LogP contribution in [-0.4, -0.2) is 79.1 Å². The van der Waals surface area contributed by atoms with Gasteiger partial charge < -0.3 is 10.2 Å². The standard InChI is InChI=1S/C23H27F4N5O4S/c24-17-5-3-15(4-6-17)19(23(25,26)27)29-18(20(33)30-22(14-28)7-8-22)13-37(35,36)32-11-9-31(10-12-32)21(34)16-1-2-16/h3-6,16,18-19,29H,1-2,7-13H2,(H,30,33)/t18-,19-/m0/s1. The number of amides is 2. The lowest BCUT2D eigenvalue weighted by atomic mass is 10.0. The Hall–Kier alpha value is -2.76. The number of piperazine rings is 1. The lowest BCUT2D eigenvalue weighted by molar-refractivity contribution is -0.160. The molecule has 1 heterocycles. The molecular formula is C23H27F4N5O4S. The van der Waals surface area contributed by atoms with Crippen LogP contribution in [0.4, 0.5) is 17.6 Å². The van der Waals surface area contributed by atoms with Crippen molar-refractivity contribution < 1.29 is 35.6 Å². The number of rotatable bonds is 9. The summed E-state index contributed by atoms with van der Waals surface area (Å²) < 4.78 is 82.7. The maximum atomic E-state index is 14.0. The highest BCUT2D eigenvalue weighted by atomic mass is 32.2. The molecule has 1 aliphatic heterocycles. The second kappa shape index (κ2) is 10.2. The van der Waals surface area contributed by atoms with Crippen LogP contribution in [0.1, 0.15) is 37.3 Å². The lowest BCUT2D eigenvalue weighted by Gasteiger charge is -2.35. The molecule has 2 aliphatic carbocycles. The molecule has 9 nitrogen and oxygen atoms in total. The fraction of sp³-hybridized carbons (Fsp3) is 0.609. The molecular weight excluding hydrogens is 518 g/mol. The summed E-state index contributed by atoms with van der Waals surface area (Å²) in [4.78, 5) is 26.8. The van der Waals surface area contributed by atoms with Gasteiger partial charge in [-0.25, -0.2) is 12.8 Å². The van der Waals surface area contributed by atoms with Crippen molar-refractivity contribution in [3.63, 3.8) is 0 Å². The van der Waals surface area contributed by atoms with E-state index in [9.17, 15) is 40.8 Å². The SMILES string of the molecule is N#CC1(NC(=O)[C@H](CS(=O)(=O)N2CCN(C(=O)C3CC3)CC2)N[C@@H](c2ccc(F)cc2)C(F)(F)F)CC1. The second-order valence-corrected chi connectivity index (χ2v) is 11.7. The minimum atomic E-state index is -4.94. The van der Waals surface area contributed by atoms with E-state index in [0.717, 1.165) is 41.4 Å². The van der Waals surface area contributed by atoms with Crippen LogP contribution in [0.5, 0.6) is 0 Å². The predicted molar refractivity (Wildman–Crippen MR) is 123 cm³/mol. The van der Waals surface area contributed by atoms with Gasteiger partial charge >= 0.3 is 6.18 Å². The van der Waals surface area contributed by atoms with Crippen molar-refractivity contribution in [2.24, 2.45) is 5.92 Å². The van der Waals surface area contributed by atoms with Crippen LogP contribution in [0.25, 0.3) is 0 Å². The summed E-state index contributed by atoms with van der Waals surface area (Å²) in [6.07, 6.45) is -2.74. The molecule has 37 heavy (non-hydrogen) atoms. The van der Waals surface area contributed by atoms with E-state index in [4.69, 9.17) is 0 Å². The van der Waals surface area contributed by atoms with E-state index in [0.29, 0.717) is 12.8 Å². The lowest BCUT2D eigenvalue weighted by Crippen LogP contribution is -2.57. The molecule has 0 radical (unpaired) electrons. The third-order valence-corrected chi connectivity index (χ3v) is 8.70. The Balaban J connectivity index is 1.52. The third kappa shape index (κ3) is 6.58. The summed E-state index contributed by atoms with van der Waals surface area (Å²) >= 11 is 0. The number of carbonyl (C=O) groups is 2. The molecule has 2 N–H and O–H groups in total. The van der Waals surface area contributed by atoms with Gasteiger partial charge in [0, 0.05) is 32.1 Å². The Kier molecular flexibility index (Phi) is 7.51. The number of carbonyl (C=O) groups excluding carboxylic acids is 2. The first kappa shape index (κ1) is 27.3.